The fourth-order valence-electron chi connectivity index (χ4n) is 0.659. The van der Waals surface area contributed by atoms with Crippen molar-refractivity contribution in [3.05, 3.63) is 29.6 Å². The van der Waals surface area contributed by atoms with E-state index in [1.165, 1.54) is 0 Å². The van der Waals surface area contributed by atoms with Crippen LogP contribution in [-0.2, 0) is 0 Å². The molecule has 0 saturated heterocycles. The number of rotatable bonds is 1. The van der Waals surface area contributed by atoms with Crippen molar-refractivity contribution in [3.8, 4) is 0 Å². The molecule has 64 valence electrons. The number of nitrogen functional groups attached to an aromatic ring is 1. The van der Waals surface area contributed by atoms with Crippen LogP contribution < -0.4 is 11.3 Å². The Morgan fingerprint density at radius 1 is 1.50 bits per heavy atom. The number of hydrazine groups is 1. The fourth-order valence-corrected chi connectivity index (χ4v) is 0.659. The Hall–Kier alpha value is -1.56. The summed E-state index contributed by atoms with van der Waals surface area (Å²) in [6.07, 6.45) is 0. The molecule has 1 aromatic rings. The van der Waals surface area contributed by atoms with Crippen LogP contribution in [0.25, 0.3) is 0 Å². The van der Waals surface area contributed by atoms with Crippen LogP contribution in [0.3, 0.4) is 0 Å². The molecule has 3 N–H and O–H groups in total. The van der Waals surface area contributed by atoms with Gasteiger partial charge < -0.3 is 0 Å². The average Bonchev–Trinajstić information content (AvgIpc) is 2.03. The van der Waals surface area contributed by atoms with Crippen LogP contribution in [0.1, 0.15) is 10.4 Å². The van der Waals surface area contributed by atoms with Crippen LogP contribution in [0.4, 0.5) is 8.78 Å². The molecule has 1 amide bonds. The highest BCUT2D eigenvalue weighted by Crippen LogP contribution is 2.04. The lowest BCUT2D eigenvalue weighted by Crippen LogP contribution is -2.31. The van der Waals surface area contributed by atoms with Crippen molar-refractivity contribution >= 4 is 5.91 Å². The predicted octanol–water partition coefficient (Wildman–Crippen LogP) is -0.0367. The topological polar surface area (TPSA) is 68.0 Å². The lowest BCUT2D eigenvalue weighted by molar-refractivity contribution is 0.0948. The van der Waals surface area contributed by atoms with E-state index < -0.39 is 17.8 Å². The van der Waals surface area contributed by atoms with Crippen molar-refractivity contribution in [2.24, 2.45) is 5.84 Å². The monoisotopic (exact) mass is 173 g/mol. The summed E-state index contributed by atoms with van der Waals surface area (Å²) in [5.41, 5.74) is 1.31. The van der Waals surface area contributed by atoms with E-state index in [4.69, 9.17) is 5.84 Å². The summed E-state index contributed by atoms with van der Waals surface area (Å²) in [5, 5.41) is 0. The third-order valence-corrected chi connectivity index (χ3v) is 1.19. The van der Waals surface area contributed by atoms with E-state index in [0.717, 1.165) is 12.1 Å². The number of nitrogens with one attached hydrogen (secondary N) is 1. The Morgan fingerprint density at radius 2 is 2.17 bits per heavy atom. The van der Waals surface area contributed by atoms with Crippen molar-refractivity contribution in [1.82, 2.24) is 10.4 Å². The molecule has 0 aromatic carbocycles. The highest BCUT2D eigenvalue weighted by molar-refractivity contribution is 5.93. The molecule has 1 aromatic heterocycles. The lowest BCUT2D eigenvalue weighted by atomic mass is 10.3. The van der Waals surface area contributed by atoms with Crippen molar-refractivity contribution < 1.29 is 13.6 Å². The van der Waals surface area contributed by atoms with Crippen LogP contribution in [-0.4, -0.2) is 10.9 Å². The minimum absolute atomic E-state index is 0.390. The molecule has 0 aliphatic rings. The zero-order chi connectivity index (χ0) is 9.14. The van der Waals surface area contributed by atoms with Gasteiger partial charge in [0.15, 0.2) is 0 Å². The van der Waals surface area contributed by atoms with Gasteiger partial charge in [-0.1, -0.05) is 0 Å². The van der Waals surface area contributed by atoms with Gasteiger partial charge in [-0.05, 0) is 12.1 Å². The van der Waals surface area contributed by atoms with Gasteiger partial charge in [0.2, 0.25) is 11.9 Å². The molecule has 0 spiro atoms. The second-order valence-electron chi connectivity index (χ2n) is 1.95. The molecule has 0 aliphatic carbocycles. The van der Waals surface area contributed by atoms with E-state index in [0.29, 0.717) is 0 Å². The normalized spacial score (nSPS) is 9.58. The van der Waals surface area contributed by atoms with E-state index in [2.05, 4.69) is 4.98 Å². The van der Waals surface area contributed by atoms with Crippen LogP contribution in [0, 0.1) is 11.9 Å². The maximum absolute atomic E-state index is 12.6. The van der Waals surface area contributed by atoms with E-state index in [9.17, 15) is 13.6 Å². The van der Waals surface area contributed by atoms with Crippen molar-refractivity contribution in [2.45, 2.75) is 0 Å². The Labute approximate surface area is 66.4 Å². The van der Waals surface area contributed by atoms with Crippen LogP contribution >= 0.6 is 0 Å². The lowest BCUT2D eigenvalue weighted by Gasteiger charge is -1.98. The molecule has 4 nitrogen and oxygen atoms in total. The molecular weight excluding hydrogens is 168 g/mol. The number of nitrogens with two attached hydrogens (primary N) is 1. The fraction of sp³-hybridized carbons (Fsp3) is 0. The number of hydrogen-bond donors (Lipinski definition) is 2. The quantitative estimate of drug-likeness (QED) is 0.271. The molecule has 1 rings (SSSR count). The van der Waals surface area contributed by atoms with Crippen molar-refractivity contribution in [3.63, 3.8) is 0 Å². The number of halogens is 2. The van der Waals surface area contributed by atoms with Gasteiger partial charge >= 0.3 is 0 Å². The van der Waals surface area contributed by atoms with Gasteiger partial charge in [0.1, 0.15) is 0 Å². The molecule has 0 bridgehead atoms. The molecule has 0 unspecified atom stereocenters. The van der Waals surface area contributed by atoms with Crippen LogP contribution in [0.15, 0.2) is 12.1 Å². The zero-order valence-corrected chi connectivity index (χ0v) is 5.84. The van der Waals surface area contributed by atoms with E-state index in [1.54, 1.807) is 5.43 Å². The number of pyridine rings is 1. The van der Waals surface area contributed by atoms with E-state index in [1.807, 2.05) is 0 Å². The summed E-state index contributed by atoms with van der Waals surface area (Å²) in [4.78, 5) is 13.5. The maximum atomic E-state index is 12.6. The minimum Gasteiger partial charge on any atom is -0.290 e. The highest BCUT2D eigenvalue weighted by atomic mass is 19.1. The number of carbonyl (C=O) groups is 1. The first-order valence-corrected chi connectivity index (χ1v) is 2.98. The number of nitrogens with zero attached hydrogens (tertiary/aromatic N) is 1. The van der Waals surface area contributed by atoms with Gasteiger partial charge in [-0.2, -0.15) is 13.8 Å². The zero-order valence-electron chi connectivity index (χ0n) is 5.84. The van der Waals surface area contributed by atoms with Gasteiger partial charge in [-0.25, -0.2) is 5.84 Å². The summed E-state index contributed by atoms with van der Waals surface area (Å²) < 4.78 is 24.8. The minimum atomic E-state index is -1.18. The van der Waals surface area contributed by atoms with Crippen LogP contribution in [0.2, 0.25) is 0 Å². The predicted molar refractivity (Wildman–Crippen MR) is 35.8 cm³/mol. The van der Waals surface area contributed by atoms with Gasteiger partial charge in [0.25, 0.3) is 5.91 Å². The Morgan fingerprint density at radius 3 is 2.67 bits per heavy atom. The summed E-state index contributed by atoms with van der Waals surface area (Å²) in [7, 11) is 0. The Bertz CT molecular complexity index is 316. The first-order valence-electron chi connectivity index (χ1n) is 2.98. The number of carbonyl (C=O) groups excluding carboxylic acids is 1. The Balaban J connectivity index is 3.09. The third kappa shape index (κ3) is 1.54. The second-order valence-corrected chi connectivity index (χ2v) is 1.95. The van der Waals surface area contributed by atoms with Crippen molar-refractivity contribution in [2.75, 3.05) is 0 Å². The first-order chi connectivity index (χ1) is 5.65. The van der Waals surface area contributed by atoms with E-state index >= 15 is 0 Å². The molecule has 0 atom stereocenters. The summed E-state index contributed by atoms with van der Waals surface area (Å²) in [6, 6.07) is 1.83. The standard InChI is InChI=1S/C6H5F2N3O/c7-4-2-1-3(5(8)10-4)6(12)11-9/h1-2H,9H2,(H,11,12). The van der Waals surface area contributed by atoms with Gasteiger partial charge in [-0.15, -0.1) is 0 Å². The molecule has 12 heavy (non-hydrogen) atoms. The van der Waals surface area contributed by atoms with Crippen molar-refractivity contribution in [1.29, 1.82) is 0 Å². The van der Waals surface area contributed by atoms with Gasteiger partial charge in [0, 0.05) is 0 Å². The maximum Gasteiger partial charge on any atom is 0.269 e. The number of aromatic nitrogens is 1. The first kappa shape index (κ1) is 8.54. The molecule has 1 heterocycles. The largest absolute Gasteiger partial charge is 0.290 e. The van der Waals surface area contributed by atoms with Gasteiger partial charge in [-0.3, -0.25) is 10.2 Å². The second kappa shape index (κ2) is 3.22. The van der Waals surface area contributed by atoms with Gasteiger partial charge in [0.05, 0.1) is 5.56 Å². The molecule has 0 saturated carbocycles. The Kier molecular flexibility index (Phi) is 2.29. The smallest absolute Gasteiger partial charge is 0.269 e. The van der Waals surface area contributed by atoms with Crippen LogP contribution in [0.5, 0.6) is 0 Å². The molecule has 0 fully saturated rings. The summed E-state index contributed by atoms with van der Waals surface area (Å²) >= 11 is 0. The number of hydrogen-bond acceptors (Lipinski definition) is 3. The molecular formula is C6H5F2N3O. The number of amides is 1. The average molecular weight is 173 g/mol. The highest BCUT2D eigenvalue weighted by Gasteiger charge is 2.11. The molecule has 6 heteroatoms. The van der Waals surface area contributed by atoms with E-state index in [-0.39, 0.29) is 5.56 Å². The summed E-state index contributed by atoms with van der Waals surface area (Å²) in [6.45, 7) is 0. The SMILES string of the molecule is NNC(=O)c1ccc(F)nc1F. The molecule has 0 radical (unpaired) electrons. The molecule has 0 aliphatic heterocycles. The summed E-state index contributed by atoms with van der Waals surface area (Å²) in [5.74, 6) is 1.71. The third-order valence-electron chi connectivity index (χ3n) is 1.19.